The summed E-state index contributed by atoms with van der Waals surface area (Å²) in [6, 6.07) is 4.43. The van der Waals surface area contributed by atoms with Crippen molar-refractivity contribution < 1.29 is 19.1 Å². The van der Waals surface area contributed by atoms with Crippen LogP contribution in [0.2, 0.25) is 0 Å². The van der Waals surface area contributed by atoms with Crippen LogP contribution in [-0.2, 0) is 21.4 Å². The van der Waals surface area contributed by atoms with E-state index in [1.165, 1.54) is 16.2 Å². The van der Waals surface area contributed by atoms with E-state index in [-0.39, 0.29) is 31.0 Å². The molecule has 1 fully saturated rings. The van der Waals surface area contributed by atoms with Crippen LogP contribution in [0, 0.1) is 11.8 Å². The number of amides is 3. The molecule has 0 radical (unpaired) electrons. The molecule has 0 spiro atoms. The van der Waals surface area contributed by atoms with Gasteiger partial charge in [0.05, 0.1) is 11.0 Å². The average Bonchev–Trinajstić information content (AvgIpc) is 2.89. The Morgan fingerprint density at radius 1 is 1.33 bits per heavy atom. The summed E-state index contributed by atoms with van der Waals surface area (Å²) in [5.41, 5.74) is 1.50. The lowest BCUT2D eigenvalue weighted by atomic mass is 10.1. The van der Waals surface area contributed by atoms with Gasteiger partial charge in [0.2, 0.25) is 11.8 Å². The quantitative estimate of drug-likeness (QED) is 0.572. The first-order valence-electron chi connectivity index (χ1n) is 8.30. The lowest BCUT2D eigenvalue weighted by Gasteiger charge is -2.21. The minimum Gasteiger partial charge on any atom is -0.436 e. The second-order valence-corrected chi connectivity index (χ2v) is 6.01. The van der Waals surface area contributed by atoms with Gasteiger partial charge < -0.3 is 10.1 Å². The number of nitrogens with zero attached hydrogens (tertiary/aromatic N) is 2. The van der Waals surface area contributed by atoms with Gasteiger partial charge in [0.1, 0.15) is 6.04 Å². The zero-order valence-corrected chi connectivity index (χ0v) is 14.9. The van der Waals surface area contributed by atoms with Crippen molar-refractivity contribution in [2.24, 2.45) is 7.05 Å². The number of carbonyl (C=O) groups excluding carboxylic acids is 3. The molecule has 2 heterocycles. The van der Waals surface area contributed by atoms with Gasteiger partial charge in [0.15, 0.2) is 6.61 Å². The summed E-state index contributed by atoms with van der Waals surface area (Å²) in [6.07, 6.45) is -0.0978. The maximum absolute atomic E-state index is 12.7. The Hall–Kier alpha value is -3.54. The van der Waals surface area contributed by atoms with Gasteiger partial charge in [-0.25, -0.2) is 9.59 Å². The van der Waals surface area contributed by atoms with Crippen molar-refractivity contribution in [3.05, 3.63) is 34.2 Å². The lowest BCUT2D eigenvalue weighted by Crippen LogP contribution is -2.44. The molecule has 9 heteroatoms. The average molecular weight is 370 g/mol. The third-order valence-electron chi connectivity index (χ3n) is 4.32. The zero-order valence-electron chi connectivity index (χ0n) is 14.9. The predicted octanol–water partition coefficient (Wildman–Crippen LogP) is 0.0252. The standard InChI is InChI=1S/C18H18N4O5/c1-19-17(25)27-9-3-4-11-5-6-12-14(10-11)21(2)18(26)22(12)13-7-8-15(23)20-16(13)24/h5-6,10,13H,7-9H2,1-2H3,(H,19,25)(H,20,23,24). The molecule has 140 valence electrons. The molecule has 1 aliphatic rings. The third kappa shape index (κ3) is 3.55. The molecule has 1 aromatic heterocycles. The number of hydrogen-bond acceptors (Lipinski definition) is 5. The van der Waals surface area contributed by atoms with E-state index in [4.69, 9.17) is 4.74 Å². The van der Waals surface area contributed by atoms with E-state index in [0.29, 0.717) is 16.6 Å². The van der Waals surface area contributed by atoms with Gasteiger partial charge in [-0.2, -0.15) is 0 Å². The summed E-state index contributed by atoms with van der Waals surface area (Å²) in [7, 11) is 3.07. The number of aryl methyl sites for hydroxylation is 1. The van der Waals surface area contributed by atoms with E-state index in [9.17, 15) is 19.2 Å². The van der Waals surface area contributed by atoms with Gasteiger partial charge in [-0.05, 0) is 24.6 Å². The van der Waals surface area contributed by atoms with Gasteiger partial charge in [-0.1, -0.05) is 11.8 Å². The van der Waals surface area contributed by atoms with E-state index in [2.05, 4.69) is 22.5 Å². The van der Waals surface area contributed by atoms with E-state index in [1.54, 1.807) is 25.2 Å². The molecule has 2 N–H and O–H groups in total. The highest BCUT2D eigenvalue weighted by atomic mass is 16.5. The second-order valence-electron chi connectivity index (χ2n) is 6.01. The van der Waals surface area contributed by atoms with Crippen LogP contribution in [-0.4, -0.2) is 40.7 Å². The first-order valence-corrected chi connectivity index (χ1v) is 8.30. The molecule has 3 rings (SSSR count). The Balaban J connectivity index is 1.93. The molecular formula is C18H18N4O5. The first-order chi connectivity index (χ1) is 12.9. The Morgan fingerprint density at radius 3 is 2.81 bits per heavy atom. The number of imide groups is 1. The minimum absolute atomic E-state index is 0.0616. The summed E-state index contributed by atoms with van der Waals surface area (Å²) >= 11 is 0. The second kappa shape index (κ2) is 7.37. The molecule has 1 unspecified atom stereocenters. The van der Waals surface area contributed by atoms with E-state index >= 15 is 0 Å². The number of benzene rings is 1. The Labute approximate surface area is 154 Å². The summed E-state index contributed by atoms with van der Waals surface area (Å²) in [6.45, 7) is -0.0616. The number of hydrogen-bond donors (Lipinski definition) is 2. The fourth-order valence-corrected chi connectivity index (χ4v) is 2.98. The molecule has 1 aromatic carbocycles. The number of imidazole rings is 1. The van der Waals surface area contributed by atoms with Crippen molar-refractivity contribution >= 4 is 28.9 Å². The molecule has 9 nitrogen and oxygen atoms in total. The minimum atomic E-state index is -0.725. The molecule has 1 saturated heterocycles. The lowest BCUT2D eigenvalue weighted by molar-refractivity contribution is -0.135. The van der Waals surface area contributed by atoms with Gasteiger partial charge in [-0.15, -0.1) is 0 Å². The van der Waals surface area contributed by atoms with E-state index in [1.807, 2.05) is 0 Å². The van der Waals surface area contributed by atoms with Crippen LogP contribution in [0.5, 0.6) is 0 Å². The number of nitrogens with one attached hydrogen (secondary N) is 2. The number of rotatable bonds is 2. The van der Waals surface area contributed by atoms with Crippen LogP contribution < -0.4 is 16.3 Å². The maximum Gasteiger partial charge on any atom is 0.407 e. The van der Waals surface area contributed by atoms with E-state index < -0.39 is 18.0 Å². The monoisotopic (exact) mass is 370 g/mol. The normalized spacial score (nSPS) is 16.4. The number of piperidine rings is 1. The largest absolute Gasteiger partial charge is 0.436 e. The van der Waals surface area contributed by atoms with Crippen molar-refractivity contribution in [2.45, 2.75) is 18.9 Å². The Bertz CT molecular complexity index is 1050. The van der Waals surface area contributed by atoms with Crippen molar-refractivity contribution in [2.75, 3.05) is 13.7 Å². The number of alkyl carbamates (subject to hydrolysis) is 1. The first kappa shape index (κ1) is 18.3. The Morgan fingerprint density at radius 2 is 2.11 bits per heavy atom. The van der Waals surface area contributed by atoms with Crippen molar-refractivity contribution in [3.8, 4) is 11.8 Å². The smallest absolute Gasteiger partial charge is 0.407 e. The van der Waals surface area contributed by atoms with Gasteiger partial charge >= 0.3 is 11.8 Å². The summed E-state index contributed by atoms with van der Waals surface area (Å²) < 4.78 is 7.63. The predicted molar refractivity (Wildman–Crippen MR) is 95.9 cm³/mol. The fourth-order valence-electron chi connectivity index (χ4n) is 2.98. The van der Waals surface area contributed by atoms with Gasteiger partial charge in [0, 0.05) is 26.1 Å². The molecule has 2 aromatic rings. The summed E-state index contributed by atoms with van der Waals surface area (Å²) in [4.78, 5) is 47.2. The molecule has 1 aliphatic heterocycles. The fraction of sp³-hybridized carbons (Fsp3) is 0.333. The van der Waals surface area contributed by atoms with Gasteiger partial charge in [0.25, 0.3) is 0 Å². The van der Waals surface area contributed by atoms with Crippen molar-refractivity contribution in [3.63, 3.8) is 0 Å². The topological polar surface area (TPSA) is 111 Å². The van der Waals surface area contributed by atoms with Crippen LogP contribution in [0.4, 0.5) is 4.79 Å². The zero-order chi connectivity index (χ0) is 19.6. The molecule has 3 amide bonds. The Kier molecular flexibility index (Phi) is 4.98. The molecule has 0 saturated carbocycles. The summed E-state index contributed by atoms with van der Waals surface area (Å²) in [5.74, 6) is 4.77. The number of ether oxygens (including phenoxy) is 1. The molecule has 0 bridgehead atoms. The number of aromatic nitrogens is 2. The van der Waals surface area contributed by atoms with Crippen molar-refractivity contribution in [1.29, 1.82) is 0 Å². The van der Waals surface area contributed by atoms with Crippen LogP contribution >= 0.6 is 0 Å². The molecule has 27 heavy (non-hydrogen) atoms. The van der Waals surface area contributed by atoms with E-state index in [0.717, 1.165) is 0 Å². The van der Waals surface area contributed by atoms with Gasteiger partial charge in [-0.3, -0.25) is 24.0 Å². The van der Waals surface area contributed by atoms with Crippen LogP contribution in [0.15, 0.2) is 23.0 Å². The van der Waals surface area contributed by atoms with Crippen molar-refractivity contribution in [1.82, 2.24) is 19.8 Å². The summed E-state index contributed by atoms with van der Waals surface area (Å²) in [5, 5.41) is 4.59. The number of carbonyl (C=O) groups is 3. The van der Waals surface area contributed by atoms with Crippen LogP contribution in [0.25, 0.3) is 11.0 Å². The number of fused-ring (bicyclic) bond motifs is 1. The highest BCUT2D eigenvalue weighted by Crippen LogP contribution is 2.23. The maximum atomic E-state index is 12.7. The SMILES string of the molecule is CNC(=O)OCC#Cc1ccc2c(c1)n(C)c(=O)n2C1CCC(=O)NC1=O. The third-order valence-corrected chi connectivity index (χ3v) is 4.32. The highest BCUT2D eigenvalue weighted by molar-refractivity contribution is 6.00. The highest BCUT2D eigenvalue weighted by Gasteiger charge is 2.31. The van der Waals surface area contributed by atoms with Crippen LogP contribution in [0.3, 0.4) is 0 Å². The molecule has 0 aliphatic carbocycles. The molecule has 1 atom stereocenters. The van der Waals surface area contributed by atoms with Crippen LogP contribution in [0.1, 0.15) is 24.4 Å². The molecular weight excluding hydrogens is 352 g/mol.